The van der Waals surface area contributed by atoms with Crippen molar-refractivity contribution in [3.63, 3.8) is 0 Å². The highest BCUT2D eigenvalue weighted by Gasteiger charge is 2.41. The first-order valence-corrected chi connectivity index (χ1v) is 8.55. The van der Waals surface area contributed by atoms with Gasteiger partial charge >= 0.3 is 0 Å². The second-order valence-electron chi connectivity index (χ2n) is 6.42. The third kappa shape index (κ3) is 3.21. The van der Waals surface area contributed by atoms with E-state index in [2.05, 4.69) is 35.8 Å². The number of hydrogen-bond donors (Lipinski definition) is 2. The Bertz CT molecular complexity index is 544. The first-order chi connectivity index (χ1) is 10.7. The summed E-state index contributed by atoms with van der Waals surface area (Å²) in [6.07, 6.45) is 4.92. The van der Waals surface area contributed by atoms with Gasteiger partial charge in [0.15, 0.2) is 6.23 Å². The summed E-state index contributed by atoms with van der Waals surface area (Å²) < 4.78 is 6.09. The number of ether oxygens (including phenoxy) is 1. The van der Waals surface area contributed by atoms with Crippen LogP contribution in [0.1, 0.15) is 57.4 Å². The van der Waals surface area contributed by atoms with Crippen LogP contribution in [0.3, 0.4) is 0 Å². The third-order valence-corrected chi connectivity index (χ3v) is 4.53. The van der Waals surface area contributed by atoms with Crippen molar-refractivity contribution >= 4 is 11.6 Å². The lowest BCUT2D eigenvalue weighted by Gasteiger charge is -2.10. The van der Waals surface area contributed by atoms with Gasteiger partial charge in [-0.25, -0.2) is 0 Å². The molecule has 1 aliphatic heterocycles. The van der Waals surface area contributed by atoms with Gasteiger partial charge in [0.1, 0.15) is 5.75 Å². The van der Waals surface area contributed by atoms with Gasteiger partial charge in [-0.05, 0) is 36.3 Å². The third-order valence-electron chi connectivity index (χ3n) is 4.53. The minimum Gasteiger partial charge on any atom is -0.468 e. The fraction of sp³-hybridized carbons (Fsp3) is 0.611. The Labute approximate surface area is 132 Å². The number of amides is 1. The summed E-state index contributed by atoms with van der Waals surface area (Å²) in [5.41, 5.74) is 2.43. The molecule has 1 aliphatic carbocycles. The lowest BCUT2D eigenvalue weighted by Crippen LogP contribution is -2.25. The van der Waals surface area contributed by atoms with Crippen molar-refractivity contribution in [3.8, 4) is 5.75 Å². The van der Waals surface area contributed by atoms with Gasteiger partial charge in [0, 0.05) is 19.4 Å². The molecule has 120 valence electrons. The average Bonchev–Trinajstić information content (AvgIpc) is 3.15. The Kier molecular flexibility index (Phi) is 4.55. The molecule has 1 aromatic rings. The largest absolute Gasteiger partial charge is 0.468 e. The van der Waals surface area contributed by atoms with E-state index in [0.29, 0.717) is 18.3 Å². The number of carbonyl (C=O) groups is 1. The maximum absolute atomic E-state index is 11.6. The van der Waals surface area contributed by atoms with Gasteiger partial charge in [0.05, 0.1) is 5.69 Å². The normalized spacial score (nSPS) is 25.1. The molecule has 0 aromatic heterocycles. The molecule has 4 nitrogen and oxygen atoms in total. The smallest absolute Gasteiger partial charge is 0.219 e. The second-order valence-corrected chi connectivity index (χ2v) is 6.42. The molecule has 0 bridgehead atoms. The summed E-state index contributed by atoms with van der Waals surface area (Å²) in [6.45, 7) is 4.99. The average molecular weight is 302 g/mol. The Balaban J connectivity index is 1.59. The van der Waals surface area contributed by atoms with Gasteiger partial charge < -0.3 is 15.4 Å². The SMILES string of the molecule is CCCC(=O)NC[C@@H]1C[C@H]1c1cccc2c1OC(CCC)N2. The molecule has 3 rings (SSSR count). The van der Waals surface area contributed by atoms with Crippen LogP contribution >= 0.6 is 0 Å². The summed E-state index contributed by atoms with van der Waals surface area (Å²) in [6, 6.07) is 6.37. The molecule has 0 spiro atoms. The number of anilines is 1. The van der Waals surface area contributed by atoms with E-state index in [0.717, 1.165) is 43.7 Å². The van der Waals surface area contributed by atoms with Gasteiger partial charge in [-0.1, -0.05) is 32.4 Å². The van der Waals surface area contributed by atoms with E-state index >= 15 is 0 Å². The number of hydrogen-bond acceptors (Lipinski definition) is 3. The summed E-state index contributed by atoms with van der Waals surface area (Å²) in [5.74, 6) is 2.29. The zero-order valence-electron chi connectivity index (χ0n) is 13.5. The molecular weight excluding hydrogens is 276 g/mol. The standard InChI is InChI=1S/C18H26N2O2/c1-3-6-16(21)19-11-12-10-14(12)13-8-5-9-15-18(13)22-17(20-15)7-4-2/h5,8-9,12,14,17,20H,3-4,6-7,10-11H2,1-2H3,(H,19,21)/t12-,14+,17?/m0/s1. The summed E-state index contributed by atoms with van der Waals surface area (Å²) in [5, 5.41) is 6.49. The molecule has 2 aliphatic rings. The molecular formula is C18H26N2O2. The minimum atomic E-state index is 0.114. The van der Waals surface area contributed by atoms with Crippen molar-refractivity contribution in [3.05, 3.63) is 23.8 Å². The van der Waals surface area contributed by atoms with Crippen molar-refractivity contribution in [2.45, 2.75) is 58.1 Å². The Morgan fingerprint density at radius 2 is 2.23 bits per heavy atom. The number of benzene rings is 1. The Morgan fingerprint density at radius 1 is 1.36 bits per heavy atom. The fourth-order valence-electron chi connectivity index (χ4n) is 3.24. The van der Waals surface area contributed by atoms with Crippen LogP contribution in [0.5, 0.6) is 5.75 Å². The maximum Gasteiger partial charge on any atom is 0.219 e. The van der Waals surface area contributed by atoms with Gasteiger partial charge in [-0.3, -0.25) is 4.79 Å². The predicted octanol–water partition coefficient (Wildman–Crippen LogP) is 3.64. The van der Waals surface area contributed by atoms with Crippen molar-refractivity contribution in [1.82, 2.24) is 5.32 Å². The Morgan fingerprint density at radius 3 is 3.00 bits per heavy atom. The summed E-state index contributed by atoms with van der Waals surface area (Å²) in [7, 11) is 0. The monoisotopic (exact) mass is 302 g/mol. The van der Waals surface area contributed by atoms with Crippen LogP contribution in [0.15, 0.2) is 18.2 Å². The van der Waals surface area contributed by atoms with E-state index in [1.54, 1.807) is 0 Å². The van der Waals surface area contributed by atoms with Crippen LogP contribution in [-0.2, 0) is 4.79 Å². The van der Waals surface area contributed by atoms with E-state index in [4.69, 9.17) is 4.74 Å². The zero-order valence-corrected chi connectivity index (χ0v) is 13.5. The predicted molar refractivity (Wildman–Crippen MR) is 88.2 cm³/mol. The summed E-state index contributed by atoms with van der Waals surface area (Å²) in [4.78, 5) is 11.6. The lowest BCUT2D eigenvalue weighted by atomic mass is 10.1. The van der Waals surface area contributed by atoms with E-state index in [9.17, 15) is 4.79 Å². The van der Waals surface area contributed by atoms with Crippen LogP contribution in [0.25, 0.3) is 0 Å². The van der Waals surface area contributed by atoms with Crippen LogP contribution in [-0.4, -0.2) is 18.7 Å². The van der Waals surface area contributed by atoms with Crippen molar-refractivity contribution in [1.29, 1.82) is 0 Å². The topological polar surface area (TPSA) is 50.4 Å². The van der Waals surface area contributed by atoms with E-state index in [1.165, 1.54) is 5.56 Å². The first-order valence-electron chi connectivity index (χ1n) is 8.55. The molecule has 0 radical (unpaired) electrons. The van der Waals surface area contributed by atoms with E-state index < -0.39 is 0 Å². The zero-order chi connectivity index (χ0) is 15.5. The highest BCUT2D eigenvalue weighted by molar-refractivity contribution is 5.75. The summed E-state index contributed by atoms with van der Waals surface area (Å²) >= 11 is 0. The second kappa shape index (κ2) is 6.59. The molecule has 3 atom stereocenters. The number of para-hydroxylation sites is 1. The molecule has 1 heterocycles. The first kappa shape index (κ1) is 15.2. The van der Waals surface area contributed by atoms with E-state index in [1.807, 2.05) is 6.92 Å². The molecule has 0 saturated heterocycles. The molecule has 1 amide bonds. The molecule has 2 N–H and O–H groups in total. The van der Waals surface area contributed by atoms with Gasteiger partial charge in [-0.15, -0.1) is 0 Å². The van der Waals surface area contributed by atoms with Crippen LogP contribution in [0.4, 0.5) is 5.69 Å². The molecule has 1 unspecified atom stereocenters. The molecule has 1 saturated carbocycles. The fourth-order valence-corrected chi connectivity index (χ4v) is 3.24. The molecule has 1 fully saturated rings. The molecule has 22 heavy (non-hydrogen) atoms. The molecule has 1 aromatic carbocycles. The highest BCUT2D eigenvalue weighted by Crippen LogP contribution is 2.53. The lowest BCUT2D eigenvalue weighted by molar-refractivity contribution is -0.121. The van der Waals surface area contributed by atoms with Gasteiger partial charge in [0.2, 0.25) is 5.91 Å². The Hall–Kier alpha value is -1.71. The van der Waals surface area contributed by atoms with Crippen LogP contribution < -0.4 is 15.4 Å². The maximum atomic E-state index is 11.6. The number of carbonyl (C=O) groups excluding carboxylic acids is 1. The van der Waals surface area contributed by atoms with Crippen LogP contribution in [0, 0.1) is 5.92 Å². The van der Waals surface area contributed by atoms with E-state index in [-0.39, 0.29) is 12.1 Å². The number of fused-ring (bicyclic) bond motifs is 1. The number of nitrogens with one attached hydrogen (secondary N) is 2. The molecule has 4 heteroatoms. The van der Waals surface area contributed by atoms with Crippen molar-refractivity contribution in [2.24, 2.45) is 5.92 Å². The van der Waals surface area contributed by atoms with Crippen LogP contribution in [0.2, 0.25) is 0 Å². The van der Waals surface area contributed by atoms with Gasteiger partial charge in [-0.2, -0.15) is 0 Å². The quantitative estimate of drug-likeness (QED) is 0.808. The van der Waals surface area contributed by atoms with Gasteiger partial charge in [0.25, 0.3) is 0 Å². The highest BCUT2D eigenvalue weighted by atomic mass is 16.5. The number of rotatable bonds is 7. The van der Waals surface area contributed by atoms with Crippen molar-refractivity contribution < 1.29 is 9.53 Å². The minimum absolute atomic E-state index is 0.114. The van der Waals surface area contributed by atoms with Crippen molar-refractivity contribution in [2.75, 3.05) is 11.9 Å².